The van der Waals surface area contributed by atoms with Crippen LogP contribution in [-0.2, 0) is 15.5 Å². The molecule has 14 heavy (non-hydrogen) atoms. The first-order chi connectivity index (χ1) is 6.79. The fraction of sp³-hybridized carbons (Fsp3) is 1.00. The van der Waals surface area contributed by atoms with E-state index in [1.54, 1.807) is 0 Å². The largest absolute Gasteiger partial charge is 0.377 e. The Labute approximate surface area is 88.0 Å². The summed E-state index contributed by atoms with van der Waals surface area (Å²) in [4.78, 5) is 0. The minimum atomic E-state index is -0.677. The minimum Gasteiger partial charge on any atom is -0.377 e. The van der Waals surface area contributed by atoms with E-state index in [0.717, 1.165) is 39.0 Å². The third kappa shape index (κ3) is 2.18. The molecule has 0 aromatic heterocycles. The van der Waals surface area contributed by atoms with Crippen molar-refractivity contribution < 1.29 is 8.95 Å². The smallest absolute Gasteiger partial charge is 0.0691 e. The van der Waals surface area contributed by atoms with Gasteiger partial charge in [-0.1, -0.05) is 0 Å². The molecule has 0 radical (unpaired) electrons. The molecule has 4 heteroatoms. The average Bonchev–Trinajstić information content (AvgIpc) is 2.65. The Kier molecular flexibility index (Phi) is 3.57. The quantitative estimate of drug-likeness (QED) is 0.738. The van der Waals surface area contributed by atoms with Gasteiger partial charge in [-0.3, -0.25) is 4.21 Å². The van der Waals surface area contributed by atoms with Crippen LogP contribution in [0.1, 0.15) is 26.2 Å². The number of ether oxygens (including phenoxy) is 1. The maximum atomic E-state index is 12.2. The van der Waals surface area contributed by atoms with Crippen LogP contribution < -0.4 is 5.32 Å². The third-order valence-corrected chi connectivity index (χ3v) is 5.56. The summed E-state index contributed by atoms with van der Waals surface area (Å²) in [5, 5.41) is 4.00. The van der Waals surface area contributed by atoms with Crippen molar-refractivity contribution >= 4 is 10.8 Å². The highest BCUT2D eigenvalue weighted by molar-refractivity contribution is 7.86. The molecule has 2 saturated heterocycles. The fourth-order valence-electron chi connectivity index (χ4n) is 2.29. The van der Waals surface area contributed by atoms with Gasteiger partial charge in [0.1, 0.15) is 0 Å². The van der Waals surface area contributed by atoms with Gasteiger partial charge in [-0.2, -0.15) is 0 Å². The van der Waals surface area contributed by atoms with Gasteiger partial charge in [0.2, 0.25) is 0 Å². The van der Waals surface area contributed by atoms with Crippen molar-refractivity contribution in [1.29, 1.82) is 0 Å². The molecule has 0 aromatic carbocycles. The number of hydrogen-bond acceptors (Lipinski definition) is 3. The molecule has 0 amide bonds. The van der Waals surface area contributed by atoms with Crippen LogP contribution >= 0.6 is 0 Å². The first kappa shape index (κ1) is 10.6. The summed E-state index contributed by atoms with van der Waals surface area (Å²) >= 11 is 0. The van der Waals surface area contributed by atoms with E-state index in [4.69, 9.17) is 4.74 Å². The summed E-state index contributed by atoms with van der Waals surface area (Å²) < 4.78 is 17.7. The summed E-state index contributed by atoms with van der Waals surface area (Å²) in [6, 6.07) is 0. The summed E-state index contributed by atoms with van der Waals surface area (Å²) in [7, 11) is -0.677. The predicted octanol–water partition coefficient (Wildman–Crippen LogP) is 0.664. The SMILES string of the molecule is CC1OCCC1S(=O)C1CCNCC1. The van der Waals surface area contributed by atoms with Crippen LogP contribution in [0.25, 0.3) is 0 Å². The molecule has 2 rings (SSSR count). The van der Waals surface area contributed by atoms with Crippen LogP contribution in [0.3, 0.4) is 0 Å². The van der Waals surface area contributed by atoms with Gasteiger partial charge in [0.15, 0.2) is 0 Å². The lowest BCUT2D eigenvalue weighted by molar-refractivity contribution is 0.126. The first-order valence-electron chi connectivity index (χ1n) is 5.50. The molecule has 0 aliphatic carbocycles. The molecule has 0 bridgehead atoms. The summed E-state index contributed by atoms with van der Waals surface area (Å²) in [6.45, 7) is 4.90. The molecule has 2 heterocycles. The second-order valence-electron chi connectivity index (χ2n) is 4.18. The minimum absolute atomic E-state index is 0.200. The molecule has 2 aliphatic heterocycles. The summed E-state index contributed by atoms with van der Waals surface area (Å²) in [5.41, 5.74) is 0. The lowest BCUT2D eigenvalue weighted by atomic mass is 10.2. The standard InChI is InChI=1S/C10H19NO2S/c1-8-10(4-7-13-8)14(12)9-2-5-11-6-3-9/h8-11H,2-7H2,1H3. The molecular weight excluding hydrogens is 198 g/mol. The van der Waals surface area contributed by atoms with Gasteiger partial charge in [-0.05, 0) is 39.3 Å². The van der Waals surface area contributed by atoms with Crippen molar-refractivity contribution in [2.75, 3.05) is 19.7 Å². The Bertz CT molecular complexity index is 216. The lowest BCUT2D eigenvalue weighted by Gasteiger charge is -2.25. The van der Waals surface area contributed by atoms with E-state index in [0.29, 0.717) is 5.25 Å². The molecular formula is C10H19NO2S. The Morgan fingerprint density at radius 3 is 2.57 bits per heavy atom. The molecule has 0 aromatic rings. The average molecular weight is 217 g/mol. The van der Waals surface area contributed by atoms with Gasteiger partial charge in [0.05, 0.1) is 11.4 Å². The number of hydrogen-bond donors (Lipinski definition) is 1. The first-order valence-corrected chi connectivity index (χ1v) is 6.78. The van der Waals surface area contributed by atoms with Crippen LogP contribution in [0.5, 0.6) is 0 Å². The molecule has 1 N–H and O–H groups in total. The van der Waals surface area contributed by atoms with Crippen LogP contribution in [0, 0.1) is 0 Å². The van der Waals surface area contributed by atoms with Crippen molar-refractivity contribution in [2.24, 2.45) is 0 Å². The van der Waals surface area contributed by atoms with Gasteiger partial charge < -0.3 is 10.1 Å². The monoisotopic (exact) mass is 217 g/mol. The van der Waals surface area contributed by atoms with Gasteiger partial charge in [-0.25, -0.2) is 0 Å². The molecule has 2 aliphatic rings. The van der Waals surface area contributed by atoms with Gasteiger partial charge >= 0.3 is 0 Å². The van der Waals surface area contributed by atoms with Crippen LogP contribution in [0.15, 0.2) is 0 Å². The van der Waals surface area contributed by atoms with E-state index in [2.05, 4.69) is 12.2 Å². The van der Waals surface area contributed by atoms with Crippen molar-refractivity contribution in [3.8, 4) is 0 Å². The number of rotatable bonds is 2. The van der Waals surface area contributed by atoms with E-state index in [-0.39, 0.29) is 11.4 Å². The highest BCUT2D eigenvalue weighted by atomic mass is 32.2. The molecule has 2 fully saturated rings. The third-order valence-electron chi connectivity index (χ3n) is 3.22. The highest BCUT2D eigenvalue weighted by Gasteiger charge is 2.34. The normalized spacial score (nSPS) is 37.2. The zero-order valence-electron chi connectivity index (χ0n) is 8.70. The Morgan fingerprint density at radius 2 is 2.00 bits per heavy atom. The van der Waals surface area contributed by atoms with Crippen LogP contribution in [0.2, 0.25) is 0 Å². The van der Waals surface area contributed by atoms with Crippen molar-refractivity contribution in [2.45, 2.75) is 42.8 Å². The van der Waals surface area contributed by atoms with E-state index in [1.165, 1.54) is 0 Å². The molecule has 3 atom stereocenters. The molecule has 0 spiro atoms. The highest BCUT2D eigenvalue weighted by Crippen LogP contribution is 2.24. The zero-order chi connectivity index (χ0) is 9.97. The Morgan fingerprint density at radius 1 is 1.29 bits per heavy atom. The maximum Gasteiger partial charge on any atom is 0.0691 e. The Hall–Kier alpha value is 0.0700. The number of nitrogens with one attached hydrogen (secondary N) is 1. The van der Waals surface area contributed by atoms with Crippen molar-refractivity contribution in [3.63, 3.8) is 0 Å². The predicted molar refractivity (Wildman–Crippen MR) is 57.9 cm³/mol. The van der Waals surface area contributed by atoms with Gasteiger partial charge in [0, 0.05) is 22.7 Å². The van der Waals surface area contributed by atoms with Crippen molar-refractivity contribution in [1.82, 2.24) is 5.32 Å². The van der Waals surface area contributed by atoms with E-state index < -0.39 is 10.8 Å². The molecule has 3 nitrogen and oxygen atoms in total. The topological polar surface area (TPSA) is 38.3 Å². The molecule has 3 unspecified atom stereocenters. The van der Waals surface area contributed by atoms with Crippen molar-refractivity contribution in [3.05, 3.63) is 0 Å². The van der Waals surface area contributed by atoms with E-state index >= 15 is 0 Å². The summed E-state index contributed by atoms with van der Waals surface area (Å²) in [5.74, 6) is 0. The van der Waals surface area contributed by atoms with Crippen LogP contribution in [-0.4, -0.2) is 40.5 Å². The Balaban J connectivity index is 1.92. The number of piperidine rings is 1. The lowest BCUT2D eigenvalue weighted by Crippen LogP contribution is -2.38. The molecule has 82 valence electrons. The van der Waals surface area contributed by atoms with Gasteiger partial charge in [0.25, 0.3) is 0 Å². The maximum absolute atomic E-state index is 12.2. The van der Waals surface area contributed by atoms with Gasteiger partial charge in [-0.15, -0.1) is 0 Å². The molecule has 0 saturated carbocycles. The zero-order valence-corrected chi connectivity index (χ0v) is 9.52. The van der Waals surface area contributed by atoms with E-state index in [1.807, 2.05) is 0 Å². The fourth-order valence-corrected chi connectivity index (χ4v) is 4.27. The second kappa shape index (κ2) is 4.73. The van der Waals surface area contributed by atoms with E-state index in [9.17, 15) is 4.21 Å². The van der Waals surface area contributed by atoms with Crippen LogP contribution in [0.4, 0.5) is 0 Å². The second-order valence-corrected chi connectivity index (χ2v) is 6.11. The summed E-state index contributed by atoms with van der Waals surface area (Å²) in [6.07, 6.45) is 3.31.